The van der Waals surface area contributed by atoms with Gasteiger partial charge in [0, 0.05) is 35.6 Å². The smallest absolute Gasteiger partial charge is 0.428 e. The Morgan fingerprint density at radius 1 is 1.42 bits per heavy atom. The molecule has 0 unspecified atom stereocenters. The van der Waals surface area contributed by atoms with Crippen LogP contribution < -0.4 is 5.48 Å². The van der Waals surface area contributed by atoms with Crippen LogP contribution in [0.5, 0.6) is 0 Å². The lowest BCUT2D eigenvalue weighted by Crippen LogP contribution is -2.22. The highest BCUT2D eigenvalue weighted by Gasteiger charge is 2.16. The number of amides is 1. The number of aromatic nitrogens is 3. The van der Waals surface area contributed by atoms with E-state index < -0.39 is 6.09 Å². The standard InChI is InChI=1S/C16H17ClN4O3/c1-10-13(6-8-24-19-16(22)23)15(20(2)18-10)21-7-5-11-9-12(17)3-4-14(11)21/h3-5,7,9,19H,6,8H2,1-2H3,(H,22,23). The second kappa shape index (κ2) is 6.54. The van der Waals surface area contributed by atoms with Gasteiger partial charge < -0.3 is 9.67 Å². The second-order valence-electron chi connectivity index (χ2n) is 5.41. The number of hydrogen-bond donors (Lipinski definition) is 2. The summed E-state index contributed by atoms with van der Waals surface area (Å²) in [5.41, 5.74) is 4.80. The molecule has 126 valence electrons. The summed E-state index contributed by atoms with van der Waals surface area (Å²) < 4.78 is 3.86. The van der Waals surface area contributed by atoms with Gasteiger partial charge in [-0.1, -0.05) is 11.6 Å². The first-order chi connectivity index (χ1) is 11.5. The van der Waals surface area contributed by atoms with Gasteiger partial charge in [-0.25, -0.2) is 4.79 Å². The van der Waals surface area contributed by atoms with Gasteiger partial charge >= 0.3 is 6.09 Å². The van der Waals surface area contributed by atoms with Crippen molar-refractivity contribution < 1.29 is 14.7 Å². The number of fused-ring (bicyclic) bond motifs is 1. The minimum Gasteiger partial charge on any atom is -0.464 e. The molecule has 0 aliphatic rings. The fraction of sp³-hybridized carbons (Fsp3) is 0.250. The highest BCUT2D eigenvalue weighted by atomic mass is 35.5. The molecule has 0 fully saturated rings. The number of halogens is 1. The van der Waals surface area contributed by atoms with Gasteiger partial charge in [-0.05, 0) is 31.2 Å². The first-order valence-corrected chi connectivity index (χ1v) is 7.75. The second-order valence-corrected chi connectivity index (χ2v) is 5.84. The largest absolute Gasteiger partial charge is 0.464 e. The molecule has 1 amide bonds. The topological polar surface area (TPSA) is 81.3 Å². The van der Waals surface area contributed by atoms with E-state index in [4.69, 9.17) is 21.5 Å². The van der Waals surface area contributed by atoms with Crippen molar-refractivity contribution in [2.24, 2.45) is 7.05 Å². The molecule has 8 heteroatoms. The average molecular weight is 349 g/mol. The first-order valence-electron chi connectivity index (χ1n) is 7.37. The Morgan fingerprint density at radius 3 is 2.96 bits per heavy atom. The summed E-state index contributed by atoms with van der Waals surface area (Å²) in [5, 5.41) is 14.8. The van der Waals surface area contributed by atoms with Crippen LogP contribution in [0.25, 0.3) is 16.7 Å². The number of aryl methyl sites for hydroxylation is 2. The predicted octanol–water partition coefficient (Wildman–Crippen LogP) is 3.07. The maximum absolute atomic E-state index is 10.4. The van der Waals surface area contributed by atoms with Crippen molar-refractivity contribution in [3.63, 3.8) is 0 Å². The van der Waals surface area contributed by atoms with Gasteiger partial charge in [0.05, 0.1) is 17.8 Å². The van der Waals surface area contributed by atoms with E-state index in [-0.39, 0.29) is 6.61 Å². The normalized spacial score (nSPS) is 11.1. The molecule has 0 spiro atoms. The SMILES string of the molecule is Cc1nn(C)c(-n2ccc3cc(Cl)ccc32)c1CCONC(=O)O. The van der Waals surface area contributed by atoms with Crippen molar-refractivity contribution in [2.45, 2.75) is 13.3 Å². The van der Waals surface area contributed by atoms with Gasteiger partial charge in [0.25, 0.3) is 0 Å². The number of carboxylic acid groups (broad SMARTS) is 1. The number of rotatable bonds is 5. The van der Waals surface area contributed by atoms with E-state index in [1.54, 1.807) is 0 Å². The zero-order valence-electron chi connectivity index (χ0n) is 13.3. The van der Waals surface area contributed by atoms with Crippen LogP contribution in [-0.4, -0.2) is 32.2 Å². The third-order valence-corrected chi connectivity index (χ3v) is 4.04. The summed E-state index contributed by atoms with van der Waals surface area (Å²) in [5.74, 6) is 0.920. The minimum atomic E-state index is -1.22. The maximum Gasteiger partial charge on any atom is 0.428 e. The molecule has 2 heterocycles. The fourth-order valence-corrected chi connectivity index (χ4v) is 3.03. The molecule has 3 aromatic rings. The molecule has 2 aromatic heterocycles. The van der Waals surface area contributed by atoms with Crippen molar-refractivity contribution in [2.75, 3.05) is 6.61 Å². The van der Waals surface area contributed by atoms with E-state index in [0.29, 0.717) is 11.4 Å². The molecule has 2 N–H and O–H groups in total. The molecule has 0 aliphatic heterocycles. The number of benzene rings is 1. The highest BCUT2D eigenvalue weighted by Crippen LogP contribution is 2.26. The lowest BCUT2D eigenvalue weighted by Gasteiger charge is -2.10. The Morgan fingerprint density at radius 2 is 2.21 bits per heavy atom. The molecule has 3 rings (SSSR count). The van der Waals surface area contributed by atoms with Crippen molar-refractivity contribution in [1.29, 1.82) is 0 Å². The molecular weight excluding hydrogens is 332 g/mol. The van der Waals surface area contributed by atoms with Gasteiger partial charge in [0.2, 0.25) is 0 Å². The van der Waals surface area contributed by atoms with E-state index in [2.05, 4.69) is 5.10 Å². The lowest BCUT2D eigenvalue weighted by molar-refractivity contribution is 0.0440. The zero-order valence-corrected chi connectivity index (χ0v) is 14.0. The van der Waals surface area contributed by atoms with Crippen LogP contribution in [0.4, 0.5) is 4.79 Å². The summed E-state index contributed by atoms with van der Waals surface area (Å²) in [6.07, 6.45) is 1.28. The fourth-order valence-electron chi connectivity index (χ4n) is 2.85. The molecule has 0 radical (unpaired) electrons. The number of nitrogens with zero attached hydrogens (tertiary/aromatic N) is 3. The van der Waals surface area contributed by atoms with Crippen LogP contribution in [0.3, 0.4) is 0 Å². The van der Waals surface area contributed by atoms with Crippen LogP contribution in [0.2, 0.25) is 5.02 Å². The summed E-state index contributed by atoms with van der Waals surface area (Å²) in [6, 6.07) is 7.72. The van der Waals surface area contributed by atoms with Crippen molar-refractivity contribution in [3.05, 3.63) is 46.7 Å². The lowest BCUT2D eigenvalue weighted by atomic mass is 10.2. The summed E-state index contributed by atoms with van der Waals surface area (Å²) in [6.45, 7) is 2.14. The Bertz CT molecular complexity index is 900. The van der Waals surface area contributed by atoms with Crippen molar-refractivity contribution >= 4 is 28.6 Å². The highest BCUT2D eigenvalue weighted by molar-refractivity contribution is 6.31. The zero-order chi connectivity index (χ0) is 17.3. The monoisotopic (exact) mass is 348 g/mol. The Hall–Kier alpha value is -2.51. The van der Waals surface area contributed by atoms with Crippen LogP contribution in [0.15, 0.2) is 30.5 Å². The van der Waals surface area contributed by atoms with Gasteiger partial charge in [-0.2, -0.15) is 10.6 Å². The van der Waals surface area contributed by atoms with Gasteiger partial charge in [-0.3, -0.25) is 9.52 Å². The minimum absolute atomic E-state index is 0.219. The van der Waals surface area contributed by atoms with E-state index in [0.717, 1.165) is 28.0 Å². The maximum atomic E-state index is 10.4. The number of nitrogens with one attached hydrogen (secondary N) is 1. The third kappa shape index (κ3) is 3.08. The molecule has 0 aliphatic carbocycles. The Balaban J connectivity index is 1.96. The number of carbonyl (C=O) groups is 1. The van der Waals surface area contributed by atoms with E-state index in [1.807, 2.05) is 59.2 Å². The van der Waals surface area contributed by atoms with Crippen LogP contribution in [0.1, 0.15) is 11.3 Å². The molecular formula is C16H17ClN4O3. The summed E-state index contributed by atoms with van der Waals surface area (Å²) in [4.78, 5) is 15.4. The van der Waals surface area contributed by atoms with E-state index in [9.17, 15) is 4.79 Å². The Labute approximate surface area is 143 Å². The summed E-state index contributed by atoms with van der Waals surface area (Å²) in [7, 11) is 1.88. The quantitative estimate of drug-likeness (QED) is 0.548. The predicted molar refractivity (Wildman–Crippen MR) is 90.6 cm³/mol. The molecule has 0 saturated carbocycles. The molecule has 24 heavy (non-hydrogen) atoms. The van der Waals surface area contributed by atoms with Crippen LogP contribution >= 0.6 is 11.6 Å². The van der Waals surface area contributed by atoms with Crippen LogP contribution in [0, 0.1) is 6.92 Å². The Kier molecular flexibility index (Phi) is 4.46. The number of hydrogen-bond acceptors (Lipinski definition) is 3. The molecule has 1 aromatic carbocycles. The molecule has 0 atom stereocenters. The molecule has 0 saturated heterocycles. The van der Waals surface area contributed by atoms with Crippen LogP contribution in [-0.2, 0) is 18.3 Å². The van der Waals surface area contributed by atoms with Crippen molar-refractivity contribution in [3.8, 4) is 5.82 Å². The number of hydroxylamine groups is 1. The van der Waals surface area contributed by atoms with Gasteiger partial charge in [0.1, 0.15) is 5.82 Å². The first kappa shape index (κ1) is 16.4. The van der Waals surface area contributed by atoms with E-state index >= 15 is 0 Å². The average Bonchev–Trinajstić information content (AvgIpc) is 3.03. The third-order valence-electron chi connectivity index (χ3n) is 3.81. The summed E-state index contributed by atoms with van der Waals surface area (Å²) >= 11 is 6.05. The van der Waals surface area contributed by atoms with Gasteiger partial charge in [0.15, 0.2) is 0 Å². The molecule has 7 nitrogen and oxygen atoms in total. The molecule has 0 bridgehead atoms. The van der Waals surface area contributed by atoms with Crippen molar-refractivity contribution in [1.82, 2.24) is 19.8 Å². The van der Waals surface area contributed by atoms with E-state index in [1.165, 1.54) is 0 Å². The van der Waals surface area contributed by atoms with Gasteiger partial charge in [-0.15, -0.1) is 0 Å².